The fourth-order valence-electron chi connectivity index (χ4n) is 4.15. The zero-order chi connectivity index (χ0) is 23.5. The Balaban J connectivity index is 0.00000385. The summed E-state index contributed by atoms with van der Waals surface area (Å²) in [6, 6.07) is 11.6. The van der Waals surface area contributed by atoms with Crippen LogP contribution in [0.4, 0.5) is 0 Å². The van der Waals surface area contributed by atoms with E-state index in [-0.39, 0.29) is 45.4 Å². The first-order chi connectivity index (χ1) is 15.0. The van der Waals surface area contributed by atoms with Crippen LogP contribution < -0.4 is 0 Å². The van der Waals surface area contributed by atoms with Gasteiger partial charge >= 0.3 is 0 Å². The van der Waals surface area contributed by atoms with Crippen LogP contribution in [0.15, 0.2) is 46.4 Å². The van der Waals surface area contributed by atoms with Gasteiger partial charge in [-0.3, -0.25) is 9.98 Å². The number of para-hydroxylation sites is 1. The monoisotopic (exact) mass is 493 g/mol. The Hall–Kier alpha value is -2.11. The van der Waals surface area contributed by atoms with Crippen molar-refractivity contribution in [1.82, 2.24) is 0 Å². The van der Waals surface area contributed by atoms with E-state index in [4.69, 9.17) is 9.98 Å². The van der Waals surface area contributed by atoms with Crippen LogP contribution in [0, 0.1) is 0 Å². The molecule has 0 aliphatic heterocycles. The van der Waals surface area contributed by atoms with Gasteiger partial charge in [-0.2, -0.15) is 0 Å². The molecule has 5 heteroatoms. The van der Waals surface area contributed by atoms with Crippen LogP contribution in [-0.2, 0) is 27.6 Å². The van der Waals surface area contributed by atoms with E-state index < -0.39 is 0 Å². The molecule has 0 saturated heterocycles. The van der Waals surface area contributed by atoms with E-state index in [1.165, 1.54) is 5.56 Å². The normalized spacial score (nSPS) is 19.7. The molecule has 0 bridgehead atoms. The first kappa shape index (κ1) is 27.1. The van der Waals surface area contributed by atoms with E-state index in [9.17, 15) is 10.2 Å². The molecule has 0 aromatic heterocycles. The molecule has 1 radical (unpaired) electrons. The second-order valence-corrected chi connectivity index (χ2v) is 11.0. The number of phenolic OH excluding ortho intramolecular Hbond substituents is 2. The SMILES string of the molecule is CC(C)(C)c1cc(C=N[C@H]2CCCC[C@@H]2N=Cc2ccccc2O)c(O)c(C(C)(C)C)c1.[Co]. The predicted octanol–water partition coefficient (Wildman–Crippen LogP) is 6.54. The third-order valence-corrected chi connectivity index (χ3v) is 6.25. The molecule has 2 aromatic carbocycles. The van der Waals surface area contributed by atoms with Crippen molar-refractivity contribution in [2.24, 2.45) is 9.98 Å². The van der Waals surface area contributed by atoms with Gasteiger partial charge in [-0.05, 0) is 47.4 Å². The predicted molar refractivity (Wildman–Crippen MR) is 135 cm³/mol. The summed E-state index contributed by atoms with van der Waals surface area (Å²) in [5.41, 5.74) is 3.46. The molecule has 3 rings (SSSR count). The molecule has 2 aromatic rings. The van der Waals surface area contributed by atoms with Crippen LogP contribution in [0.3, 0.4) is 0 Å². The molecule has 0 heterocycles. The summed E-state index contributed by atoms with van der Waals surface area (Å²) in [4.78, 5) is 9.70. The largest absolute Gasteiger partial charge is 0.507 e. The Labute approximate surface area is 209 Å². The number of aliphatic imine (C=N–C) groups is 2. The number of aromatic hydroxyl groups is 2. The molecule has 2 atom stereocenters. The summed E-state index contributed by atoms with van der Waals surface area (Å²) < 4.78 is 0. The maximum atomic E-state index is 11.0. The van der Waals surface area contributed by atoms with Gasteiger partial charge in [-0.15, -0.1) is 0 Å². The van der Waals surface area contributed by atoms with Crippen LogP contribution in [0.1, 0.15) is 89.5 Å². The number of rotatable bonds is 4. The van der Waals surface area contributed by atoms with E-state index in [0.29, 0.717) is 5.75 Å². The first-order valence-corrected chi connectivity index (χ1v) is 11.7. The van der Waals surface area contributed by atoms with Crippen molar-refractivity contribution >= 4 is 12.4 Å². The van der Waals surface area contributed by atoms with Gasteiger partial charge in [0.15, 0.2) is 0 Å². The molecule has 181 valence electrons. The van der Waals surface area contributed by atoms with Crippen molar-refractivity contribution in [3.05, 3.63) is 58.7 Å². The second-order valence-electron chi connectivity index (χ2n) is 11.0. The van der Waals surface area contributed by atoms with E-state index in [2.05, 4.69) is 53.7 Å². The molecule has 0 amide bonds. The Bertz CT molecular complexity index is 1000. The summed E-state index contributed by atoms with van der Waals surface area (Å²) in [6.07, 6.45) is 7.83. The van der Waals surface area contributed by atoms with Crippen LogP contribution in [0.25, 0.3) is 0 Å². The fraction of sp³-hybridized carbons (Fsp3) is 0.500. The Morgan fingerprint density at radius 2 is 1.33 bits per heavy atom. The van der Waals surface area contributed by atoms with Crippen molar-refractivity contribution < 1.29 is 27.0 Å². The Morgan fingerprint density at radius 3 is 1.85 bits per heavy atom. The number of benzene rings is 2. The molecule has 1 aliphatic carbocycles. The van der Waals surface area contributed by atoms with Gasteiger partial charge in [0.05, 0.1) is 12.1 Å². The van der Waals surface area contributed by atoms with Crippen LogP contribution in [-0.4, -0.2) is 34.7 Å². The first-order valence-electron chi connectivity index (χ1n) is 11.7. The van der Waals surface area contributed by atoms with Crippen LogP contribution in [0.2, 0.25) is 0 Å². The van der Waals surface area contributed by atoms with E-state index in [1.54, 1.807) is 12.3 Å². The maximum Gasteiger partial charge on any atom is 0.128 e. The number of hydrogen-bond donors (Lipinski definition) is 2. The zero-order valence-corrected chi connectivity index (χ0v) is 21.8. The van der Waals surface area contributed by atoms with Gasteiger partial charge in [-0.1, -0.05) is 72.6 Å². The topological polar surface area (TPSA) is 65.2 Å². The molecule has 1 fully saturated rings. The van der Waals surface area contributed by atoms with Gasteiger partial charge in [0.2, 0.25) is 0 Å². The number of phenols is 2. The van der Waals surface area contributed by atoms with Crippen molar-refractivity contribution in [1.29, 1.82) is 0 Å². The van der Waals surface area contributed by atoms with Gasteiger partial charge in [0.1, 0.15) is 11.5 Å². The Morgan fingerprint density at radius 1 is 0.788 bits per heavy atom. The molecular weight excluding hydrogens is 455 g/mol. The molecule has 1 saturated carbocycles. The standard InChI is InChI=1S/C28H38N2O2.Co/c1-27(2,3)21-15-20(26(32)22(16-21)28(4,5)6)18-30-24-13-9-8-12-23(24)29-17-19-11-7-10-14-25(19)31;/h7,10-11,14-18,23-24,31-32H,8-9,12-13H2,1-6H3;/t23-,24-;/m0./s1. The summed E-state index contributed by atoms with van der Waals surface area (Å²) in [6.45, 7) is 13.0. The minimum Gasteiger partial charge on any atom is -0.507 e. The molecule has 1 aliphatic rings. The molecular formula is C28H38CoN2O2. The summed E-state index contributed by atoms with van der Waals surface area (Å²) >= 11 is 0. The third kappa shape index (κ3) is 6.94. The van der Waals surface area contributed by atoms with Crippen molar-refractivity contribution in [3.63, 3.8) is 0 Å². The summed E-state index contributed by atoms with van der Waals surface area (Å²) in [5, 5.41) is 21.1. The van der Waals surface area contributed by atoms with Crippen molar-refractivity contribution in [3.8, 4) is 11.5 Å². The molecule has 0 unspecified atom stereocenters. The number of nitrogens with zero attached hydrogens (tertiary/aromatic N) is 2. The number of hydrogen-bond acceptors (Lipinski definition) is 4. The third-order valence-electron chi connectivity index (χ3n) is 6.25. The van der Waals surface area contributed by atoms with E-state index in [1.807, 2.05) is 24.4 Å². The van der Waals surface area contributed by atoms with E-state index >= 15 is 0 Å². The minimum atomic E-state index is -0.163. The minimum absolute atomic E-state index is 0. The Kier molecular flexibility index (Phi) is 8.94. The van der Waals surface area contributed by atoms with Crippen molar-refractivity contribution in [2.75, 3.05) is 0 Å². The van der Waals surface area contributed by atoms with E-state index in [0.717, 1.165) is 42.4 Å². The quantitative estimate of drug-likeness (QED) is 0.475. The smallest absolute Gasteiger partial charge is 0.128 e. The summed E-state index contributed by atoms with van der Waals surface area (Å²) in [7, 11) is 0. The molecule has 4 nitrogen and oxygen atoms in total. The van der Waals surface area contributed by atoms with Crippen LogP contribution >= 0.6 is 0 Å². The van der Waals surface area contributed by atoms with Gasteiger partial charge < -0.3 is 10.2 Å². The molecule has 33 heavy (non-hydrogen) atoms. The van der Waals surface area contributed by atoms with Crippen molar-refractivity contribution in [2.45, 2.75) is 90.1 Å². The second kappa shape index (κ2) is 10.9. The molecule has 2 N–H and O–H groups in total. The average Bonchev–Trinajstić information content (AvgIpc) is 2.71. The van der Waals surface area contributed by atoms with Gasteiger partial charge in [0.25, 0.3) is 0 Å². The maximum absolute atomic E-state index is 11.0. The van der Waals surface area contributed by atoms with Crippen LogP contribution in [0.5, 0.6) is 11.5 Å². The zero-order valence-electron chi connectivity index (χ0n) is 20.7. The van der Waals surface area contributed by atoms with Gasteiger partial charge in [-0.25, -0.2) is 0 Å². The fourth-order valence-corrected chi connectivity index (χ4v) is 4.15. The molecule has 0 spiro atoms. The average molecular weight is 494 g/mol. The summed E-state index contributed by atoms with van der Waals surface area (Å²) in [5.74, 6) is 0.560. The van der Waals surface area contributed by atoms with Gasteiger partial charge in [0, 0.05) is 45.9 Å².